The van der Waals surface area contributed by atoms with Crippen LogP contribution < -0.4 is 5.32 Å². The molecule has 0 fully saturated rings. The van der Waals surface area contributed by atoms with E-state index in [1.165, 1.54) is 0 Å². The van der Waals surface area contributed by atoms with Crippen LogP contribution in [-0.2, 0) is 17.9 Å². The molecule has 0 bridgehead atoms. The van der Waals surface area contributed by atoms with Crippen molar-refractivity contribution >= 4 is 27.7 Å². The molecule has 2 heterocycles. The van der Waals surface area contributed by atoms with E-state index in [0.717, 1.165) is 16.8 Å². The normalized spacial score (nSPS) is 10.5. The molecular formula is C21H20BrN3O3. The molecule has 3 aromatic rings. The van der Waals surface area contributed by atoms with Crippen molar-refractivity contribution in [3.63, 3.8) is 0 Å². The number of nitrogens with one attached hydrogen (secondary N) is 1. The summed E-state index contributed by atoms with van der Waals surface area (Å²) in [4.78, 5) is 30.9. The second kappa shape index (κ2) is 9.32. The fourth-order valence-corrected chi connectivity index (χ4v) is 3.05. The number of hydrogen-bond acceptors (Lipinski definition) is 4. The first kappa shape index (κ1) is 19.8. The topological polar surface area (TPSA) is 75.4 Å². The number of aromatic nitrogens is 1. The molecule has 0 aliphatic rings. The zero-order chi connectivity index (χ0) is 19.9. The van der Waals surface area contributed by atoms with Gasteiger partial charge in [0, 0.05) is 12.7 Å². The number of carbonyl (C=O) groups excluding carboxylic acids is 2. The number of aryl methyl sites for hydroxylation is 1. The number of halogens is 1. The van der Waals surface area contributed by atoms with Crippen molar-refractivity contribution in [1.29, 1.82) is 0 Å². The number of benzene rings is 1. The molecule has 0 saturated heterocycles. The minimum absolute atomic E-state index is 0.129. The van der Waals surface area contributed by atoms with Crippen LogP contribution in [0.25, 0.3) is 0 Å². The van der Waals surface area contributed by atoms with E-state index in [4.69, 9.17) is 4.42 Å². The van der Waals surface area contributed by atoms with Crippen LogP contribution in [0.5, 0.6) is 0 Å². The van der Waals surface area contributed by atoms with Crippen molar-refractivity contribution in [3.8, 4) is 0 Å². The van der Waals surface area contributed by atoms with Gasteiger partial charge in [0.1, 0.15) is 0 Å². The molecule has 0 spiro atoms. The van der Waals surface area contributed by atoms with E-state index in [2.05, 4.69) is 26.2 Å². The summed E-state index contributed by atoms with van der Waals surface area (Å²) in [6.07, 6.45) is 1.70. The summed E-state index contributed by atoms with van der Waals surface area (Å²) >= 11 is 3.15. The largest absolute Gasteiger partial charge is 0.444 e. The third kappa shape index (κ3) is 5.53. The first-order valence-electron chi connectivity index (χ1n) is 8.78. The number of pyridine rings is 1. The fourth-order valence-electron chi connectivity index (χ4n) is 2.74. The van der Waals surface area contributed by atoms with Gasteiger partial charge in [-0.2, -0.15) is 0 Å². The Morgan fingerprint density at radius 1 is 1.11 bits per heavy atom. The molecule has 2 aromatic heterocycles. The average molecular weight is 442 g/mol. The van der Waals surface area contributed by atoms with Crippen LogP contribution in [0.3, 0.4) is 0 Å². The van der Waals surface area contributed by atoms with Gasteiger partial charge in [0.2, 0.25) is 5.91 Å². The smallest absolute Gasteiger partial charge is 0.287 e. The molecule has 1 N–H and O–H groups in total. The van der Waals surface area contributed by atoms with E-state index in [0.29, 0.717) is 17.8 Å². The number of carbonyl (C=O) groups is 2. The van der Waals surface area contributed by atoms with Crippen LogP contribution in [0.15, 0.2) is 69.9 Å². The Hall–Kier alpha value is -2.93. The zero-order valence-corrected chi connectivity index (χ0v) is 17.0. The lowest BCUT2D eigenvalue weighted by atomic mass is 10.1. The maximum atomic E-state index is 12.8. The van der Waals surface area contributed by atoms with E-state index in [1.54, 1.807) is 23.2 Å². The average Bonchev–Trinajstić information content (AvgIpc) is 3.13. The Morgan fingerprint density at radius 2 is 1.96 bits per heavy atom. The quantitative estimate of drug-likeness (QED) is 0.606. The van der Waals surface area contributed by atoms with Crippen LogP contribution in [0.1, 0.15) is 27.4 Å². The summed E-state index contributed by atoms with van der Waals surface area (Å²) in [6.45, 7) is 2.67. The maximum absolute atomic E-state index is 12.8. The predicted molar refractivity (Wildman–Crippen MR) is 108 cm³/mol. The first-order chi connectivity index (χ1) is 13.5. The summed E-state index contributed by atoms with van der Waals surface area (Å²) < 4.78 is 5.67. The molecule has 0 saturated carbocycles. The molecule has 144 valence electrons. The van der Waals surface area contributed by atoms with E-state index >= 15 is 0 Å². The summed E-state index contributed by atoms with van der Waals surface area (Å²) in [5.74, 6) is -0.492. The third-order valence-corrected chi connectivity index (χ3v) is 4.51. The van der Waals surface area contributed by atoms with Gasteiger partial charge >= 0.3 is 0 Å². The summed E-state index contributed by atoms with van der Waals surface area (Å²) in [6, 6.07) is 16.7. The van der Waals surface area contributed by atoms with Gasteiger partial charge in [-0.05, 0) is 52.7 Å². The monoisotopic (exact) mass is 441 g/mol. The van der Waals surface area contributed by atoms with Crippen molar-refractivity contribution in [1.82, 2.24) is 15.2 Å². The summed E-state index contributed by atoms with van der Waals surface area (Å²) in [5.41, 5.74) is 2.93. The lowest BCUT2D eigenvalue weighted by Crippen LogP contribution is -2.39. The van der Waals surface area contributed by atoms with Gasteiger partial charge in [0.15, 0.2) is 10.4 Å². The van der Waals surface area contributed by atoms with Gasteiger partial charge in [-0.3, -0.25) is 14.6 Å². The van der Waals surface area contributed by atoms with Crippen molar-refractivity contribution < 1.29 is 14.0 Å². The Labute approximate surface area is 171 Å². The number of amides is 2. The van der Waals surface area contributed by atoms with Crippen LogP contribution in [0.2, 0.25) is 0 Å². The van der Waals surface area contributed by atoms with E-state index in [1.807, 2.05) is 49.4 Å². The summed E-state index contributed by atoms with van der Waals surface area (Å²) in [7, 11) is 0. The van der Waals surface area contributed by atoms with Crippen molar-refractivity contribution in [2.24, 2.45) is 0 Å². The van der Waals surface area contributed by atoms with Gasteiger partial charge < -0.3 is 14.6 Å². The number of nitrogens with zero attached hydrogens (tertiary/aromatic N) is 2. The lowest BCUT2D eigenvalue weighted by Gasteiger charge is -2.23. The van der Waals surface area contributed by atoms with E-state index in [9.17, 15) is 9.59 Å². The first-order valence-corrected chi connectivity index (χ1v) is 9.57. The molecule has 3 rings (SSSR count). The third-order valence-electron chi connectivity index (χ3n) is 4.08. The van der Waals surface area contributed by atoms with Gasteiger partial charge in [-0.1, -0.05) is 35.9 Å². The molecule has 0 aliphatic carbocycles. The van der Waals surface area contributed by atoms with Crippen molar-refractivity contribution in [2.75, 3.05) is 6.54 Å². The van der Waals surface area contributed by atoms with Crippen LogP contribution in [-0.4, -0.2) is 28.2 Å². The molecule has 0 atom stereocenters. The SMILES string of the molecule is Cc1cccc(CN(Cc2ccccn2)C(=O)CNC(=O)c2ccc(Br)o2)c1. The minimum atomic E-state index is -0.438. The maximum Gasteiger partial charge on any atom is 0.287 e. The number of hydrogen-bond donors (Lipinski definition) is 1. The Bertz CT molecular complexity index is 956. The molecule has 0 radical (unpaired) electrons. The van der Waals surface area contributed by atoms with Crippen LogP contribution >= 0.6 is 15.9 Å². The Kier molecular flexibility index (Phi) is 6.60. The predicted octanol–water partition coefficient (Wildman–Crippen LogP) is 3.70. The molecule has 28 heavy (non-hydrogen) atoms. The second-order valence-electron chi connectivity index (χ2n) is 6.35. The Morgan fingerprint density at radius 3 is 2.64 bits per heavy atom. The summed E-state index contributed by atoms with van der Waals surface area (Å²) in [5, 5.41) is 2.61. The van der Waals surface area contributed by atoms with Crippen molar-refractivity contribution in [2.45, 2.75) is 20.0 Å². The standard InChI is InChI=1S/C21H20BrN3O3/c1-15-5-4-6-16(11-15)13-25(14-17-7-2-3-10-23-17)20(26)12-24-21(27)18-8-9-19(22)28-18/h2-11H,12-14H2,1H3,(H,24,27). The fraction of sp³-hybridized carbons (Fsp3) is 0.190. The zero-order valence-electron chi connectivity index (χ0n) is 15.4. The van der Waals surface area contributed by atoms with Gasteiger partial charge in [-0.15, -0.1) is 0 Å². The molecule has 2 amide bonds. The number of furan rings is 1. The molecule has 0 aliphatic heterocycles. The van der Waals surface area contributed by atoms with Crippen LogP contribution in [0, 0.1) is 6.92 Å². The molecule has 6 nitrogen and oxygen atoms in total. The number of rotatable bonds is 7. The molecule has 1 aromatic carbocycles. The molecular weight excluding hydrogens is 422 g/mol. The highest BCUT2D eigenvalue weighted by molar-refractivity contribution is 9.10. The van der Waals surface area contributed by atoms with Gasteiger partial charge in [-0.25, -0.2) is 0 Å². The molecule has 7 heteroatoms. The highest BCUT2D eigenvalue weighted by atomic mass is 79.9. The van der Waals surface area contributed by atoms with Crippen molar-refractivity contribution in [3.05, 3.63) is 88.0 Å². The second-order valence-corrected chi connectivity index (χ2v) is 7.13. The van der Waals surface area contributed by atoms with E-state index < -0.39 is 5.91 Å². The van der Waals surface area contributed by atoms with Gasteiger partial charge in [0.25, 0.3) is 5.91 Å². The minimum Gasteiger partial charge on any atom is -0.444 e. The van der Waals surface area contributed by atoms with Gasteiger partial charge in [0.05, 0.1) is 18.8 Å². The highest BCUT2D eigenvalue weighted by Gasteiger charge is 2.18. The lowest BCUT2D eigenvalue weighted by molar-refractivity contribution is -0.131. The Balaban J connectivity index is 1.69. The highest BCUT2D eigenvalue weighted by Crippen LogP contribution is 2.14. The molecule has 0 unspecified atom stereocenters. The van der Waals surface area contributed by atoms with E-state index in [-0.39, 0.29) is 18.2 Å². The van der Waals surface area contributed by atoms with Crippen LogP contribution in [0.4, 0.5) is 0 Å².